The first-order valence-electron chi connectivity index (χ1n) is 9.19. The maximum absolute atomic E-state index is 12.1. The summed E-state index contributed by atoms with van der Waals surface area (Å²) >= 11 is 0. The smallest absolute Gasteiger partial charge is 0.237 e. The summed E-state index contributed by atoms with van der Waals surface area (Å²) in [6, 6.07) is 15.7. The molecular formula is C21H23N3O3. The van der Waals surface area contributed by atoms with Crippen LogP contribution in [0.3, 0.4) is 0 Å². The molecule has 2 aliphatic heterocycles. The van der Waals surface area contributed by atoms with Gasteiger partial charge in [-0.2, -0.15) is 0 Å². The van der Waals surface area contributed by atoms with E-state index in [1.165, 1.54) is 0 Å². The predicted molar refractivity (Wildman–Crippen MR) is 106 cm³/mol. The van der Waals surface area contributed by atoms with Crippen molar-refractivity contribution in [1.82, 2.24) is 0 Å². The van der Waals surface area contributed by atoms with Gasteiger partial charge in [0.05, 0.1) is 18.9 Å². The normalized spacial score (nSPS) is 19.4. The van der Waals surface area contributed by atoms with Crippen LogP contribution in [0, 0.1) is 0 Å². The molecule has 6 heteroatoms. The number of anilines is 2. The van der Waals surface area contributed by atoms with Crippen molar-refractivity contribution in [3.8, 4) is 0 Å². The first kappa shape index (κ1) is 17.7. The molecule has 1 amide bonds. The molecule has 1 unspecified atom stereocenters. The quantitative estimate of drug-likeness (QED) is 0.798. The zero-order chi connectivity index (χ0) is 18.6. The summed E-state index contributed by atoms with van der Waals surface area (Å²) in [7, 11) is 2.05. The molecule has 140 valence electrons. The second kappa shape index (κ2) is 7.90. The molecule has 1 fully saturated rings. The average molecular weight is 365 g/mol. The third kappa shape index (κ3) is 4.02. The summed E-state index contributed by atoms with van der Waals surface area (Å²) in [5.41, 5.74) is 3.77. The second-order valence-electron chi connectivity index (χ2n) is 6.73. The Morgan fingerprint density at radius 1 is 1.15 bits per heavy atom. The topological polar surface area (TPSA) is 63.2 Å². The van der Waals surface area contributed by atoms with Gasteiger partial charge >= 0.3 is 0 Å². The Morgan fingerprint density at radius 2 is 1.89 bits per heavy atom. The van der Waals surface area contributed by atoms with Gasteiger partial charge in [0.15, 0.2) is 6.29 Å². The van der Waals surface area contributed by atoms with Crippen molar-refractivity contribution in [2.45, 2.75) is 18.6 Å². The number of benzene rings is 2. The van der Waals surface area contributed by atoms with Crippen molar-refractivity contribution in [1.29, 1.82) is 0 Å². The predicted octanol–water partition coefficient (Wildman–Crippen LogP) is 3.32. The fourth-order valence-electron chi connectivity index (χ4n) is 3.34. The number of carbonyl (C=O) groups excluding carboxylic acids is 1. The lowest BCUT2D eigenvalue weighted by molar-refractivity contribution is -0.115. The van der Waals surface area contributed by atoms with Crippen LogP contribution in [0.2, 0.25) is 0 Å². The number of nitrogens with one attached hydrogen (secondary N) is 1. The molecule has 1 saturated heterocycles. The van der Waals surface area contributed by atoms with Crippen LogP contribution in [0.1, 0.15) is 17.9 Å². The summed E-state index contributed by atoms with van der Waals surface area (Å²) in [4.78, 5) is 18.8. The molecule has 2 aromatic rings. The first-order valence-corrected chi connectivity index (χ1v) is 9.19. The van der Waals surface area contributed by atoms with Crippen molar-refractivity contribution in [3.05, 3.63) is 54.1 Å². The Bertz CT molecular complexity index is 829. The van der Waals surface area contributed by atoms with Gasteiger partial charge in [0.1, 0.15) is 5.92 Å². The number of rotatable bonds is 6. The fraction of sp³-hybridized carbons (Fsp3) is 0.333. The van der Waals surface area contributed by atoms with Gasteiger partial charge in [-0.3, -0.25) is 9.79 Å². The molecule has 0 saturated carbocycles. The Balaban J connectivity index is 1.37. The second-order valence-corrected chi connectivity index (χ2v) is 6.73. The lowest BCUT2D eigenvalue weighted by Crippen LogP contribution is -2.23. The van der Waals surface area contributed by atoms with E-state index in [0.29, 0.717) is 13.2 Å². The number of aliphatic imine (C=N–C) groups is 1. The van der Waals surface area contributed by atoms with E-state index >= 15 is 0 Å². The molecule has 0 bridgehead atoms. The van der Waals surface area contributed by atoms with Crippen LogP contribution in [0.25, 0.3) is 0 Å². The summed E-state index contributed by atoms with van der Waals surface area (Å²) in [6.45, 7) is 2.22. The molecule has 0 aliphatic carbocycles. The Labute approximate surface area is 158 Å². The molecule has 0 radical (unpaired) electrons. The number of para-hydroxylation sites is 1. The van der Waals surface area contributed by atoms with Crippen molar-refractivity contribution >= 4 is 29.2 Å². The minimum absolute atomic E-state index is 0.0346. The number of fused-ring (bicyclic) bond motifs is 1. The van der Waals surface area contributed by atoms with E-state index in [2.05, 4.69) is 15.2 Å². The Kier molecular flexibility index (Phi) is 5.18. The van der Waals surface area contributed by atoms with Gasteiger partial charge in [0, 0.05) is 37.6 Å². The Hall–Kier alpha value is -2.70. The third-order valence-electron chi connectivity index (χ3n) is 4.89. The van der Waals surface area contributed by atoms with Crippen LogP contribution < -0.4 is 10.2 Å². The maximum Gasteiger partial charge on any atom is 0.237 e. The van der Waals surface area contributed by atoms with Crippen LogP contribution in [0.4, 0.5) is 17.1 Å². The van der Waals surface area contributed by atoms with E-state index < -0.39 is 0 Å². The minimum Gasteiger partial charge on any atom is -0.374 e. The van der Waals surface area contributed by atoms with Crippen molar-refractivity contribution in [2.75, 3.05) is 37.0 Å². The number of nitrogens with zero attached hydrogens (tertiary/aromatic N) is 2. The van der Waals surface area contributed by atoms with Crippen LogP contribution in [0.5, 0.6) is 0 Å². The largest absolute Gasteiger partial charge is 0.374 e. The zero-order valence-electron chi connectivity index (χ0n) is 15.3. The van der Waals surface area contributed by atoms with Crippen LogP contribution in [-0.2, 0) is 14.3 Å². The summed E-state index contributed by atoms with van der Waals surface area (Å²) in [6.07, 6.45) is 2.47. The number of hydrogen-bond acceptors (Lipinski definition) is 5. The number of hydrogen-bond donors (Lipinski definition) is 1. The van der Waals surface area contributed by atoms with Crippen molar-refractivity contribution < 1.29 is 14.3 Å². The minimum atomic E-state index is -0.338. The first-order chi connectivity index (χ1) is 13.2. The van der Waals surface area contributed by atoms with Crippen molar-refractivity contribution in [2.24, 2.45) is 4.99 Å². The molecule has 27 heavy (non-hydrogen) atoms. The highest BCUT2D eigenvalue weighted by Crippen LogP contribution is 2.31. The molecule has 0 aromatic heterocycles. The summed E-state index contributed by atoms with van der Waals surface area (Å²) < 4.78 is 10.9. The standard InChI is InChI=1S/C21H23N3O3/c1-24(11-10-20-26-12-13-27-20)16-8-6-15(7-9-16)22-14-18-17-4-2-3-5-19(17)23-21(18)25/h2-9,14,18,20H,10-13H2,1H3,(H,23,25). The van der Waals surface area contributed by atoms with E-state index in [1.807, 2.05) is 55.6 Å². The van der Waals surface area contributed by atoms with Crippen LogP contribution in [0.15, 0.2) is 53.5 Å². The van der Waals surface area contributed by atoms with E-state index in [0.717, 1.165) is 35.6 Å². The van der Waals surface area contributed by atoms with E-state index in [9.17, 15) is 4.79 Å². The third-order valence-corrected chi connectivity index (χ3v) is 4.89. The van der Waals surface area contributed by atoms with E-state index in [4.69, 9.17) is 9.47 Å². The van der Waals surface area contributed by atoms with Gasteiger partial charge < -0.3 is 19.7 Å². The Morgan fingerprint density at radius 3 is 2.67 bits per heavy atom. The molecule has 1 atom stereocenters. The monoisotopic (exact) mass is 365 g/mol. The molecule has 2 heterocycles. The number of ether oxygens (including phenoxy) is 2. The van der Waals surface area contributed by atoms with Gasteiger partial charge in [-0.15, -0.1) is 0 Å². The highest BCUT2D eigenvalue weighted by Gasteiger charge is 2.28. The average Bonchev–Trinajstić information content (AvgIpc) is 3.32. The lowest BCUT2D eigenvalue weighted by Gasteiger charge is -2.20. The molecule has 6 nitrogen and oxygen atoms in total. The van der Waals surface area contributed by atoms with Gasteiger partial charge in [-0.05, 0) is 35.9 Å². The molecule has 1 N–H and O–H groups in total. The van der Waals surface area contributed by atoms with Gasteiger partial charge in [-0.25, -0.2) is 0 Å². The van der Waals surface area contributed by atoms with Gasteiger partial charge in [0.25, 0.3) is 0 Å². The molecular weight excluding hydrogens is 342 g/mol. The van der Waals surface area contributed by atoms with Crippen LogP contribution in [-0.4, -0.2) is 45.2 Å². The molecule has 4 rings (SSSR count). The fourth-order valence-corrected chi connectivity index (χ4v) is 3.34. The SMILES string of the molecule is CN(CCC1OCCO1)c1ccc(N=CC2C(=O)Nc3ccccc32)cc1. The molecule has 0 spiro atoms. The number of amides is 1. The van der Waals surface area contributed by atoms with Crippen LogP contribution >= 0.6 is 0 Å². The molecule has 2 aromatic carbocycles. The van der Waals surface area contributed by atoms with Gasteiger partial charge in [0.2, 0.25) is 5.91 Å². The van der Waals surface area contributed by atoms with E-state index in [1.54, 1.807) is 6.21 Å². The zero-order valence-corrected chi connectivity index (χ0v) is 15.3. The summed E-state index contributed by atoms with van der Waals surface area (Å²) in [5.74, 6) is -0.373. The highest BCUT2D eigenvalue weighted by molar-refractivity contribution is 6.12. The summed E-state index contributed by atoms with van der Waals surface area (Å²) in [5, 5.41) is 2.89. The molecule has 2 aliphatic rings. The number of carbonyl (C=O) groups is 1. The maximum atomic E-state index is 12.1. The highest BCUT2D eigenvalue weighted by atomic mass is 16.7. The lowest BCUT2D eigenvalue weighted by atomic mass is 10.0. The van der Waals surface area contributed by atoms with Crippen molar-refractivity contribution in [3.63, 3.8) is 0 Å². The van der Waals surface area contributed by atoms with Gasteiger partial charge in [-0.1, -0.05) is 18.2 Å². The van der Waals surface area contributed by atoms with E-state index in [-0.39, 0.29) is 18.1 Å².